The first kappa shape index (κ1) is 16.5. The van der Waals surface area contributed by atoms with E-state index in [1.807, 2.05) is 19.9 Å². The number of aromatic nitrogens is 1. The van der Waals surface area contributed by atoms with Gasteiger partial charge in [-0.3, -0.25) is 4.99 Å². The van der Waals surface area contributed by atoms with Crippen LogP contribution in [0.2, 0.25) is 0 Å². The van der Waals surface area contributed by atoms with E-state index in [2.05, 4.69) is 34.6 Å². The van der Waals surface area contributed by atoms with E-state index < -0.39 is 0 Å². The minimum absolute atomic E-state index is 0.241. The Kier molecular flexibility index (Phi) is 6.01. The molecule has 0 amide bonds. The minimum atomic E-state index is -0.241. The van der Waals surface area contributed by atoms with E-state index in [0.717, 1.165) is 11.5 Å². The fourth-order valence-corrected chi connectivity index (χ4v) is 1.44. The van der Waals surface area contributed by atoms with Crippen molar-refractivity contribution < 1.29 is 9.26 Å². The molecule has 0 saturated carbocycles. The van der Waals surface area contributed by atoms with E-state index in [1.165, 1.54) is 0 Å². The second-order valence-electron chi connectivity index (χ2n) is 5.62. The molecule has 1 aromatic rings. The Hall–Kier alpha value is -1.56. The molecule has 0 aliphatic heterocycles. The maximum absolute atomic E-state index is 5.35. The van der Waals surface area contributed by atoms with Crippen molar-refractivity contribution in [2.45, 2.75) is 45.8 Å². The number of methoxy groups -OCH3 is 1. The zero-order valence-corrected chi connectivity index (χ0v) is 13.3. The molecule has 20 heavy (non-hydrogen) atoms. The number of ether oxygens (including phenoxy) is 1. The number of nitrogens with one attached hydrogen (secondary N) is 2. The number of hydrogen-bond donors (Lipinski definition) is 2. The molecule has 0 radical (unpaired) electrons. The van der Waals surface area contributed by atoms with Crippen molar-refractivity contribution in [3.63, 3.8) is 0 Å². The molecule has 0 aromatic carbocycles. The van der Waals surface area contributed by atoms with Gasteiger partial charge in [0, 0.05) is 26.8 Å². The smallest absolute Gasteiger partial charge is 0.191 e. The van der Waals surface area contributed by atoms with Gasteiger partial charge in [0.1, 0.15) is 0 Å². The Morgan fingerprint density at radius 3 is 2.65 bits per heavy atom. The zero-order valence-electron chi connectivity index (χ0n) is 13.3. The highest BCUT2D eigenvalue weighted by Crippen LogP contribution is 2.13. The monoisotopic (exact) mass is 282 g/mol. The first-order valence-electron chi connectivity index (χ1n) is 6.83. The summed E-state index contributed by atoms with van der Waals surface area (Å²) in [5.41, 5.74) is 0.722. The summed E-state index contributed by atoms with van der Waals surface area (Å²) in [5, 5.41) is 10.4. The third-order valence-electron chi connectivity index (χ3n) is 3.06. The lowest BCUT2D eigenvalue weighted by atomic mass is 10.1. The van der Waals surface area contributed by atoms with Crippen molar-refractivity contribution in [1.29, 1.82) is 0 Å². The van der Waals surface area contributed by atoms with Crippen LogP contribution in [-0.2, 0) is 11.3 Å². The molecule has 0 aliphatic carbocycles. The summed E-state index contributed by atoms with van der Waals surface area (Å²) in [6, 6.07) is 1.96. The molecule has 6 heteroatoms. The summed E-state index contributed by atoms with van der Waals surface area (Å²) in [6.07, 6.45) is 0. The predicted octanol–water partition coefficient (Wildman–Crippen LogP) is 1.89. The standard InChI is InChI=1S/C14H26N4O2/c1-10(2)12-7-11(20-18-12)8-16-13(15-5)17-9-14(3,4)19-6/h7,10H,8-9H2,1-6H3,(H2,15,16,17). The van der Waals surface area contributed by atoms with Crippen molar-refractivity contribution >= 4 is 5.96 Å². The summed E-state index contributed by atoms with van der Waals surface area (Å²) in [4.78, 5) is 4.16. The van der Waals surface area contributed by atoms with Crippen LogP contribution in [0.4, 0.5) is 0 Å². The summed E-state index contributed by atoms with van der Waals surface area (Å²) >= 11 is 0. The van der Waals surface area contributed by atoms with Gasteiger partial charge < -0.3 is 19.9 Å². The molecule has 1 heterocycles. The second kappa shape index (κ2) is 7.28. The van der Waals surface area contributed by atoms with Gasteiger partial charge in [-0.1, -0.05) is 19.0 Å². The van der Waals surface area contributed by atoms with Crippen LogP contribution in [0.5, 0.6) is 0 Å². The van der Waals surface area contributed by atoms with Gasteiger partial charge in [0.25, 0.3) is 0 Å². The quantitative estimate of drug-likeness (QED) is 0.616. The maximum Gasteiger partial charge on any atom is 0.191 e. The second-order valence-corrected chi connectivity index (χ2v) is 5.62. The number of rotatable bonds is 6. The minimum Gasteiger partial charge on any atom is -0.377 e. The molecule has 6 nitrogen and oxygen atoms in total. The third-order valence-corrected chi connectivity index (χ3v) is 3.06. The molecular weight excluding hydrogens is 256 g/mol. The lowest BCUT2D eigenvalue weighted by Crippen LogP contribution is -2.45. The van der Waals surface area contributed by atoms with E-state index >= 15 is 0 Å². The summed E-state index contributed by atoms with van der Waals surface area (Å²) in [6.45, 7) is 9.41. The molecule has 0 aliphatic rings. The fraction of sp³-hybridized carbons (Fsp3) is 0.714. The van der Waals surface area contributed by atoms with Crippen LogP contribution < -0.4 is 10.6 Å². The Bertz CT molecular complexity index is 438. The third kappa shape index (κ3) is 5.21. The van der Waals surface area contributed by atoms with E-state index in [1.54, 1.807) is 14.2 Å². The molecule has 1 rings (SSSR count). The van der Waals surface area contributed by atoms with E-state index in [4.69, 9.17) is 9.26 Å². The van der Waals surface area contributed by atoms with E-state index in [0.29, 0.717) is 25.0 Å². The van der Waals surface area contributed by atoms with Gasteiger partial charge in [-0.2, -0.15) is 0 Å². The number of guanidine groups is 1. The van der Waals surface area contributed by atoms with Crippen molar-refractivity contribution in [3.8, 4) is 0 Å². The highest BCUT2D eigenvalue weighted by atomic mass is 16.5. The van der Waals surface area contributed by atoms with Gasteiger partial charge in [-0.25, -0.2) is 0 Å². The van der Waals surface area contributed by atoms with Crippen LogP contribution in [0, 0.1) is 0 Å². The Labute approximate surface area is 121 Å². The van der Waals surface area contributed by atoms with Crippen molar-refractivity contribution in [1.82, 2.24) is 15.8 Å². The largest absolute Gasteiger partial charge is 0.377 e. The SMILES string of the molecule is CN=C(NCc1cc(C(C)C)no1)NCC(C)(C)OC. The van der Waals surface area contributed by atoms with Gasteiger partial charge in [-0.15, -0.1) is 0 Å². The van der Waals surface area contributed by atoms with Crippen molar-refractivity contribution in [2.24, 2.45) is 4.99 Å². The van der Waals surface area contributed by atoms with Gasteiger partial charge in [-0.05, 0) is 19.8 Å². The predicted molar refractivity (Wildman–Crippen MR) is 79.9 cm³/mol. The Balaban J connectivity index is 2.45. The van der Waals surface area contributed by atoms with Crippen LogP contribution in [0.25, 0.3) is 0 Å². The van der Waals surface area contributed by atoms with Crippen LogP contribution in [-0.4, -0.2) is 37.4 Å². The Morgan fingerprint density at radius 1 is 1.45 bits per heavy atom. The van der Waals surface area contributed by atoms with Crippen LogP contribution in [0.1, 0.15) is 45.1 Å². The summed E-state index contributed by atoms with van der Waals surface area (Å²) in [7, 11) is 3.43. The molecule has 0 unspecified atom stereocenters. The number of hydrogen-bond acceptors (Lipinski definition) is 4. The summed E-state index contributed by atoms with van der Waals surface area (Å²) < 4.78 is 10.6. The molecule has 2 N–H and O–H groups in total. The first-order chi connectivity index (χ1) is 9.38. The molecule has 0 spiro atoms. The van der Waals surface area contributed by atoms with Crippen LogP contribution in [0.3, 0.4) is 0 Å². The molecule has 0 fully saturated rings. The van der Waals surface area contributed by atoms with E-state index in [-0.39, 0.29) is 5.60 Å². The van der Waals surface area contributed by atoms with Gasteiger partial charge in [0.15, 0.2) is 11.7 Å². The van der Waals surface area contributed by atoms with Gasteiger partial charge in [0.2, 0.25) is 0 Å². The lowest BCUT2D eigenvalue weighted by molar-refractivity contribution is 0.0268. The van der Waals surface area contributed by atoms with E-state index in [9.17, 15) is 0 Å². The fourth-order valence-electron chi connectivity index (χ4n) is 1.44. The molecule has 0 atom stereocenters. The highest BCUT2D eigenvalue weighted by molar-refractivity contribution is 5.79. The maximum atomic E-state index is 5.35. The van der Waals surface area contributed by atoms with Crippen molar-refractivity contribution in [3.05, 3.63) is 17.5 Å². The first-order valence-corrected chi connectivity index (χ1v) is 6.83. The zero-order chi connectivity index (χ0) is 15.2. The molecule has 1 aromatic heterocycles. The van der Waals surface area contributed by atoms with Gasteiger partial charge in [0.05, 0.1) is 17.8 Å². The number of nitrogens with zero attached hydrogens (tertiary/aromatic N) is 2. The molecular formula is C14H26N4O2. The van der Waals surface area contributed by atoms with Crippen molar-refractivity contribution in [2.75, 3.05) is 20.7 Å². The average molecular weight is 282 g/mol. The van der Waals surface area contributed by atoms with Crippen LogP contribution >= 0.6 is 0 Å². The Morgan fingerprint density at radius 2 is 2.15 bits per heavy atom. The molecule has 0 bridgehead atoms. The topological polar surface area (TPSA) is 71.7 Å². The highest BCUT2D eigenvalue weighted by Gasteiger charge is 2.16. The lowest BCUT2D eigenvalue weighted by Gasteiger charge is -2.24. The average Bonchev–Trinajstić information content (AvgIpc) is 2.88. The van der Waals surface area contributed by atoms with Crippen LogP contribution in [0.15, 0.2) is 15.6 Å². The normalized spacial score (nSPS) is 12.8. The van der Waals surface area contributed by atoms with Gasteiger partial charge >= 0.3 is 0 Å². The molecule has 0 saturated heterocycles. The summed E-state index contributed by atoms with van der Waals surface area (Å²) in [5.74, 6) is 1.87. The number of aliphatic imine (C=N–C) groups is 1. The molecule has 114 valence electrons.